The van der Waals surface area contributed by atoms with E-state index in [1.165, 1.54) is 20.3 Å². The highest BCUT2D eigenvalue weighted by Crippen LogP contribution is 2.45. The third-order valence-electron chi connectivity index (χ3n) is 3.45. The van der Waals surface area contributed by atoms with Crippen molar-refractivity contribution in [3.63, 3.8) is 0 Å². The van der Waals surface area contributed by atoms with Gasteiger partial charge in [-0.15, -0.1) is 0 Å². The Morgan fingerprint density at radius 2 is 1.74 bits per heavy atom. The molecule has 1 N–H and O–H groups in total. The van der Waals surface area contributed by atoms with Crippen LogP contribution in [0.5, 0.6) is 23.0 Å². The minimum Gasteiger partial charge on any atom is -0.502 e. The summed E-state index contributed by atoms with van der Waals surface area (Å²) < 4.78 is 16.1. The number of Topliss-reactive ketones (excluding diaryl/α,β-unsaturated/α-hetero) is 1. The summed E-state index contributed by atoms with van der Waals surface area (Å²) >= 11 is 0. The van der Waals surface area contributed by atoms with Gasteiger partial charge in [0.05, 0.1) is 14.2 Å². The molecule has 5 heteroatoms. The predicted molar refractivity (Wildman–Crippen MR) is 86.6 cm³/mol. The van der Waals surface area contributed by atoms with Gasteiger partial charge in [0, 0.05) is 12.5 Å². The second-order valence-electron chi connectivity index (χ2n) is 4.88. The Morgan fingerprint density at radius 1 is 1.09 bits per heavy atom. The van der Waals surface area contributed by atoms with E-state index >= 15 is 0 Å². The number of carbonyl (C=O) groups excluding carboxylic acids is 1. The Morgan fingerprint density at radius 3 is 2.30 bits per heavy atom. The average Bonchev–Trinajstić information content (AvgIpc) is 2.60. The molecule has 2 aromatic rings. The molecule has 23 heavy (non-hydrogen) atoms. The molecule has 5 nitrogen and oxygen atoms in total. The maximum absolute atomic E-state index is 12.3. The number of hydrogen-bond acceptors (Lipinski definition) is 5. The van der Waals surface area contributed by atoms with Gasteiger partial charge in [-0.1, -0.05) is 37.3 Å². The van der Waals surface area contributed by atoms with E-state index in [1.807, 2.05) is 30.3 Å². The molecule has 122 valence electrons. The summed E-state index contributed by atoms with van der Waals surface area (Å²) in [6.45, 7) is 1.96. The SMILES string of the molecule is CCC(=O)c1c(OC)cc(OC)c(O)c1OCc1ccccc1. The van der Waals surface area contributed by atoms with Crippen molar-refractivity contribution < 1.29 is 24.1 Å². The summed E-state index contributed by atoms with van der Waals surface area (Å²) in [6.07, 6.45) is 0.268. The second-order valence-corrected chi connectivity index (χ2v) is 4.88. The van der Waals surface area contributed by atoms with Crippen molar-refractivity contribution in [1.29, 1.82) is 0 Å². The van der Waals surface area contributed by atoms with Crippen LogP contribution in [0.1, 0.15) is 29.3 Å². The Balaban J connectivity index is 2.47. The number of aromatic hydroxyl groups is 1. The number of benzene rings is 2. The molecule has 2 rings (SSSR count). The molecule has 0 aliphatic carbocycles. The lowest BCUT2D eigenvalue weighted by Crippen LogP contribution is -2.07. The normalized spacial score (nSPS) is 10.2. The Bertz CT molecular complexity index is 680. The van der Waals surface area contributed by atoms with Crippen LogP contribution < -0.4 is 14.2 Å². The van der Waals surface area contributed by atoms with E-state index in [0.29, 0.717) is 5.75 Å². The van der Waals surface area contributed by atoms with E-state index in [1.54, 1.807) is 6.92 Å². The van der Waals surface area contributed by atoms with Gasteiger partial charge in [-0.3, -0.25) is 4.79 Å². The molecule has 0 unspecified atom stereocenters. The van der Waals surface area contributed by atoms with Crippen molar-refractivity contribution in [2.24, 2.45) is 0 Å². The zero-order valence-corrected chi connectivity index (χ0v) is 13.5. The first-order valence-corrected chi connectivity index (χ1v) is 7.30. The zero-order valence-electron chi connectivity index (χ0n) is 13.5. The van der Waals surface area contributed by atoms with Crippen LogP contribution in [0.3, 0.4) is 0 Å². The van der Waals surface area contributed by atoms with Gasteiger partial charge in [-0.2, -0.15) is 0 Å². The van der Waals surface area contributed by atoms with Crippen LogP contribution in [0.15, 0.2) is 36.4 Å². The Labute approximate surface area is 135 Å². The van der Waals surface area contributed by atoms with Crippen LogP contribution >= 0.6 is 0 Å². The van der Waals surface area contributed by atoms with Gasteiger partial charge in [0.1, 0.15) is 17.9 Å². The molecule has 0 bridgehead atoms. The van der Waals surface area contributed by atoms with Gasteiger partial charge in [0.25, 0.3) is 0 Å². The predicted octanol–water partition coefficient (Wildman–Crippen LogP) is 3.58. The highest BCUT2D eigenvalue weighted by Gasteiger charge is 2.24. The van der Waals surface area contributed by atoms with Crippen molar-refractivity contribution in [3.8, 4) is 23.0 Å². The summed E-state index contributed by atoms with van der Waals surface area (Å²) in [5.74, 6) is 0.202. The molecular formula is C18H20O5. The molecule has 2 aromatic carbocycles. The summed E-state index contributed by atoms with van der Waals surface area (Å²) in [5.41, 5.74) is 1.15. The number of ketones is 1. The number of carbonyl (C=O) groups is 1. The van der Waals surface area contributed by atoms with Crippen LogP contribution in [0, 0.1) is 0 Å². The minimum atomic E-state index is -0.207. The van der Waals surface area contributed by atoms with Gasteiger partial charge >= 0.3 is 0 Å². The summed E-state index contributed by atoms with van der Waals surface area (Å²) in [7, 11) is 2.88. The van der Waals surface area contributed by atoms with Crippen molar-refractivity contribution in [1.82, 2.24) is 0 Å². The molecule has 0 fully saturated rings. The Kier molecular flexibility index (Phi) is 5.46. The summed E-state index contributed by atoms with van der Waals surface area (Å²) in [4.78, 5) is 12.3. The molecular weight excluding hydrogens is 296 g/mol. The van der Waals surface area contributed by atoms with Crippen LogP contribution in [-0.4, -0.2) is 25.1 Å². The molecule has 0 saturated heterocycles. The maximum atomic E-state index is 12.3. The topological polar surface area (TPSA) is 65.0 Å². The summed E-state index contributed by atoms with van der Waals surface area (Å²) in [5, 5.41) is 10.4. The maximum Gasteiger partial charge on any atom is 0.201 e. The van der Waals surface area contributed by atoms with Gasteiger partial charge in [0.15, 0.2) is 17.3 Å². The fraction of sp³-hybridized carbons (Fsp3) is 0.278. The molecule has 0 aliphatic heterocycles. The molecule has 0 heterocycles. The van der Waals surface area contributed by atoms with Crippen LogP contribution in [-0.2, 0) is 6.61 Å². The summed E-state index contributed by atoms with van der Waals surface area (Å²) in [6, 6.07) is 11.0. The van der Waals surface area contributed by atoms with Gasteiger partial charge in [-0.05, 0) is 5.56 Å². The standard InChI is InChI=1S/C18H20O5/c1-4-13(19)16-14(21-2)10-15(22-3)17(20)18(16)23-11-12-8-6-5-7-9-12/h5-10,20H,4,11H2,1-3H3. The number of hydrogen-bond donors (Lipinski definition) is 1. The molecule has 0 radical (unpaired) electrons. The van der Waals surface area contributed by atoms with E-state index in [-0.39, 0.29) is 41.6 Å². The second kappa shape index (κ2) is 7.54. The first kappa shape index (κ1) is 16.7. The number of phenols is 1. The van der Waals surface area contributed by atoms with E-state index < -0.39 is 0 Å². The number of ether oxygens (including phenoxy) is 3. The molecule has 0 spiro atoms. The fourth-order valence-corrected chi connectivity index (χ4v) is 2.23. The zero-order chi connectivity index (χ0) is 16.8. The highest BCUT2D eigenvalue weighted by molar-refractivity contribution is 6.02. The van der Waals surface area contributed by atoms with Gasteiger partial charge < -0.3 is 19.3 Å². The van der Waals surface area contributed by atoms with Crippen molar-refractivity contribution >= 4 is 5.78 Å². The van der Waals surface area contributed by atoms with Gasteiger partial charge in [-0.25, -0.2) is 0 Å². The van der Waals surface area contributed by atoms with Crippen molar-refractivity contribution in [2.75, 3.05) is 14.2 Å². The molecule has 0 saturated carbocycles. The third-order valence-corrected chi connectivity index (χ3v) is 3.45. The molecule has 0 aromatic heterocycles. The molecule has 0 amide bonds. The van der Waals surface area contributed by atoms with E-state index in [9.17, 15) is 9.90 Å². The lowest BCUT2D eigenvalue weighted by molar-refractivity contribution is 0.0979. The quantitative estimate of drug-likeness (QED) is 0.791. The highest BCUT2D eigenvalue weighted by atomic mass is 16.5. The monoisotopic (exact) mass is 316 g/mol. The fourth-order valence-electron chi connectivity index (χ4n) is 2.23. The van der Waals surface area contributed by atoms with Crippen molar-refractivity contribution in [2.45, 2.75) is 20.0 Å². The van der Waals surface area contributed by atoms with E-state index in [2.05, 4.69) is 0 Å². The number of phenolic OH excluding ortho intramolecular Hbond substituents is 1. The van der Waals surface area contributed by atoms with Crippen LogP contribution in [0.25, 0.3) is 0 Å². The molecule has 0 atom stereocenters. The largest absolute Gasteiger partial charge is 0.502 e. The minimum absolute atomic E-state index is 0.0805. The first-order chi connectivity index (χ1) is 11.1. The smallest absolute Gasteiger partial charge is 0.201 e. The third kappa shape index (κ3) is 3.56. The lowest BCUT2D eigenvalue weighted by Gasteiger charge is -2.17. The Hall–Kier alpha value is -2.69. The van der Waals surface area contributed by atoms with E-state index in [4.69, 9.17) is 14.2 Å². The first-order valence-electron chi connectivity index (χ1n) is 7.30. The molecule has 0 aliphatic rings. The van der Waals surface area contributed by atoms with Crippen LogP contribution in [0.4, 0.5) is 0 Å². The number of methoxy groups -OCH3 is 2. The lowest BCUT2D eigenvalue weighted by atomic mass is 10.0. The van der Waals surface area contributed by atoms with Gasteiger partial charge in [0.2, 0.25) is 5.75 Å². The van der Waals surface area contributed by atoms with Crippen LogP contribution in [0.2, 0.25) is 0 Å². The van der Waals surface area contributed by atoms with E-state index in [0.717, 1.165) is 5.56 Å². The number of rotatable bonds is 7. The van der Waals surface area contributed by atoms with Crippen molar-refractivity contribution in [3.05, 3.63) is 47.5 Å². The average molecular weight is 316 g/mol.